The van der Waals surface area contributed by atoms with E-state index in [-0.39, 0.29) is 0 Å². The Labute approximate surface area is 72.9 Å². The number of rotatable bonds is 1. The maximum absolute atomic E-state index is 10.4. The van der Waals surface area contributed by atoms with Crippen LogP contribution in [0.3, 0.4) is 0 Å². The molecule has 0 amide bonds. The molecule has 1 rings (SSSR count). The molecule has 0 spiro atoms. The third-order valence-electron chi connectivity index (χ3n) is 0.989. The number of nitrogens with zero attached hydrogens (tertiary/aromatic N) is 1. The van der Waals surface area contributed by atoms with Crippen molar-refractivity contribution in [1.29, 1.82) is 0 Å². The Kier molecular flexibility index (Phi) is 2.33. The minimum atomic E-state index is -0.911. The minimum absolute atomic E-state index is 0.291. The van der Waals surface area contributed by atoms with Gasteiger partial charge in [-0.05, 0) is 0 Å². The topological polar surface area (TPSA) is 50.2 Å². The molecule has 0 fully saturated rings. The summed E-state index contributed by atoms with van der Waals surface area (Å²) < 4.78 is 0.606. The van der Waals surface area contributed by atoms with Crippen LogP contribution in [-0.4, -0.2) is 16.1 Å². The van der Waals surface area contributed by atoms with Gasteiger partial charge in [-0.3, -0.25) is 0 Å². The van der Waals surface area contributed by atoms with Gasteiger partial charge in [0, 0.05) is 0 Å². The predicted molar refractivity (Wildman–Crippen MR) is 30.8 cm³/mol. The van der Waals surface area contributed by atoms with E-state index in [0.29, 0.717) is 8.97 Å². The SMILES string of the molecule is O=C(O)c1cccnc1[At]. The number of aromatic nitrogens is 1. The predicted octanol–water partition coefficient (Wildman–Crippen LogP) is -0.0456. The van der Waals surface area contributed by atoms with E-state index in [1.807, 2.05) is 0 Å². The van der Waals surface area contributed by atoms with Crippen LogP contribution < -0.4 is 3.40 Å². The number of hydrogen-bond acceptors (Lipinski definition) is 2. The van der Waals surface area contributed by atoms with Gasteiger partial charge in [0.25, 0.3) is 0 Å². The molecule has 0 bridgehead atoms. The Morgan fingerprint density at radius 2 is 2.40 bits per heavy atom. The molecule has 0 atom stereocenters. The first-order valence-corrected chi connectivity index (χ1v) is 4.02. The maximum atomic E-state index is 10.4. The average molecular weight is 332 g/mol. The average Bonchev–Trinajstić information content (AvgIpc) is 1.88. The first-order valence-electron chi connectivity index (χ1n) is 2.55. The zero-order chi connectivity index (χ0) is 7.56. The van der Waals surface area contributed by atoms with Crippen molar-refractivity contribution in [2.75, 3.05) is 0 Å². The summed E-state index contributed by atoms with van der Waals surface area (Å²) in [5.41, 5.74) is 0.291. The summed E-state index contributed by atoms with van der Waals surface area (Å²) in [7, 11) is 0. The molecule has 1 N–H and O–H groups in total. The van der Waals surface area contributed by atoms with Gasteiger partial charge in [0.05, 0.1) is 0 Å². The van der Waals surface area contributed by atoms with Crippen molar-refractivity contribution in [3.8, 4) is 0 Å². The van der Waals surface area contributed by atoms with Crippen LogP contribution >= 0.6 is 0 Å². The molecule has 0 aromatic carbocycles. The van der Waals surface area contributed by atoms with E-state index in [0.717, 1.165) is 0 Å². The first-order chi connectivity index (χ1) is 4.72. The van der Waals surface area contributed by atoms with Crippen LogP contribution in [0.1, 0.15) is 10.4 Å². The fourth-order valence-electron chi connectivity index (χ4n) is 0.546. The number of hydrogen-bond donors (Lipinski definition) is 1. The third-order valence-corrected chi connectivity index (χ3v) is 2.16. The standard InChI is InChI=1S/C6H4AtNO2/c7-5-4(6(9)10)2-1-3-8-5/h1-3H,(H,9,10). The Bertz CT molecular complexity index is 262. The summed E-state index contributed by atoms with van der Waals surface area (Å²) in [5.74, 6) is -0.911. The van der Waals surface area contributed by atoms with Gasteiger partial charge < -0.3 is 0 Å². The van der Waals surface area contributed by atoms with Crippen molar-refractivity contribution < 1.29 is 34.6 Å². The molecule has 0 unspecified atom stereocenters. The van der Waals surface area contributed by atoms with E-state index in [9.17, 15) is 4.79 Å². The van der Waals surface area contributed by atoms with Gasteiger partial charge in [0.1, 0.15) is 0 Å². The number of carbonyl (C=O) groups is 1. The second-order valence-electron chi connectivity index (χ2n) is 1.65. The monoisotopic (exact) mass is 332 g/mol. The van der Waals surface area contributed by atoms with Crippen LogP contribution in [0, 0.1) is 24.7 Å². The molecule has 1 aromatic heterocycles. The zero-order valence-electron chi connectivity index (χ0n) is 4.91. The fraction of sp³-hybridized carbons (Fsp3) is 0. The molecule has 0 radical (unpaired) electrons. The molecule has 0 aliphatic heterocycles. The normalized spacial score (nSPS) is 9.30. The van der Waals surface area contributed by atoms with Gasteiger partial charge in [0.2, 0.25) is 0 Å². The first kappa shape index (κ1) is 7.61. The Hall–Kier alpha value is -0.497. The molecule has 1 heterocycles. The second-order valence-corrected chi connectivity index (χ2v) is 3.04. The summed E-state index contributed by atoms with van der Waals surface area (Å²) >= 11 is 1.27. The van der Waals surface area contributed by atoms with Crippen LogP contribution in [0.25, 0.3) is 0 Å². The van der Waals surface area contributed by atoms with Crippen molar-refractivity contribution in [2.45, 2.75) is 0 Å². The van der Waals surface area contributed by atoms with E-state index in [4.69, 9.17) is 5.11 Å². The number of carboxylic acids is 1. The summed E-state index contributed by atoms with van der Waals surface area (Å²) in [4.78, 5) is 14.2. The Morgan fingerprint density at radius 1 is 1.70 bits per heavy atom. The quantitative estimate of drug-likeness (QED) is 0.785. The molecular formula is C6H4AtNO2. The zero-order valence-corrected chi connectivity index (χ0v) is 7.85. The number of aromatic carboxylic acids is 1. The van der Waals surface area contributed by atoms with Gasteiger partial charge in [-0.2, -0.15) is 0 Å². The Morgan fingerprint density at radius 3 is 2.80 bits per heavy atom. The molecule has 0 saturated carbocycles. The van der Waals surface area contributed by atoms with Crippen LogP contribution in [-0.2, 0) is 0 Å². The molecule has 0 aliphatic rings. The van der Waals surface area contributed by atoms with E-state index in [1.165, 1.54) is 24.7 Å². The van der Waals surface area contributed by atoms with Crippen molar-refractivity contribution in [1.82, 2.24) is 4.98 Å². The molecular weight excluding hydrogens is 328 g/mol. The van der Waals surface area contributed by atoms with Crippen LogP contribution in [0.2, 0.25) is 0 Å². The molecule has 10 heavy (non-hydrogen) atoms. The van der Waals surface area contributed by atoms with Gasteiger partial charge in [-0.25, -0.2) is 0 Å². The van der Waals surface area contributed by atoms with Gasteiger partial charge in [-0.15, -0.1) is 0 Å². The van der Waals surface area contributed by atoms with Crippen LogP contribution in [0.4, 0.5) is 0 Å². The fourth-order valence-corrected chi connectivity index (χ4v) is 1.32. The van der Waals surface area contributed by atoms with Crippen LogP contribution in [0.15, 0.2) is 18.3 Å². The summed E-state index contributed by atoms with van der Waals surface area (Å²) in [6, 6.07) is 3.16. The molecule has 52 valence electrons. The molecule has 0 aliphatic carbocycles. The summed E-state index contributed by atoms with van der Waals surface area (Å²) in [6.45, 7) is 0. The van der Waals surface area contributed by atoms with Crippen LogP contribution in [0.5, 0.6) is 0 Å². The van der Waals surface area contributed by atoms with E-state index in [2.05, 4.69) is 4.98 Å². The van der Waals surface area contributed by atoms with Gasteiger partial charge >= 0.3 is 72.9 Å². The van der Waals surface area contributed by atoms with E-state index < -0.39 is 5.97 Å². The third kappa shape index (κ3) is 1.51. The molecule has 3 nitrogen and oxygen atoms in total. The summed E-state index contributed by atoms with van der Waals surface area (Å²) in [5, 5.41) is 8.53. The van der Waals surface area contributed by atoms with Crippen molar-refractivity contribution >= 4 is 9.37 Å². The number of pyridine rings is 1. The Balaban J connectivity index is 3.15. The van der Waals surface area contributed by atoms with Gasteiger partial charge in [0.15, 0.2) is 0 Å². The molecule has 4 heteroatoms. The number of carboxylic acid groups (broad SMARTS) is 1. The van der Waals surface area contributed by atoms with Crippen molar-refractivity contribution in [3.63, 3.8) is 0 Å². The second kappa shape index (κ2) is 3.06. The van der Waals surface area contributed by atoms with Crippen molar-refractivity contribution in [3.05, 3.63) is 23.9 Å². The summed E-state index contributed by atoms with van der Waals surface area (Å²) in [6.07, 6.45) is 1.59. The molecule has 1 aromatic rings. The van der Waals surface area contributed by atoms with E-state index in [1.54, 1.807) is 18.3 Å². The van der Waals surface area contributed by atoms with Gasteiger partial charge in [-0.1, -0.05) is 0 Å². The van der Waals surface area contributed by atoms with Crippen molar-refractivity contribution in [2.24, 2.45) is 0 Å². The van der Waals surface area contributed by atoms with E-state index >= 15 is 0 Å². The molecule has 0 saturated heterocycles.